The van der Waals surface area contributed by atoms with Crippen LogP contribution in [0.1, 0.15) is 32.3 Å². The van der Waals surface area contributed by atoms with Gasteiger partial charge in [0.1, 0.15) is 0 Å². The Morgan fingerprint density at radius 1 is 1.24 bits per heavy atom. The summed E-state index contributed by atoms with van der Waals surface area (Å²) in [6.45, 7) is 4.80. The minimum atomic E-state index is -3.00. The molecule has 0 N–H and O–H groups in total. The average Bonchev–Trinajstić information content (AvgIpc) is 3.02. The molecule has 2 aromatic rings. The number of nitrogens with zero attached hydrogens (tertiary/aromatic N) is 1. The predicted octanol–water partition coefficient (Wildman–Crippen LogP) is 3.51. The highest BCUT2D eigenvalue weighted by atomic mass is 32.2. The number of piperidine rings is 1. The van der Waals surface area contributed by atoms with E-state index in [2.05, 4.69) is 23.6 Å². The molecule has 2 heterocycles. The average molecular weight is 380 g/mol. The lowest BCUT2D eigenvalue weighted by Gasteiger charge is -2.32. The van der Waals surface area contributed by atoms with Gasteiger partial charge in [0.25, 0.3) is 0 Å². The van der Waals surface area contributed by atoms with E-state index in [0.29, 0.717) is 19.5 Å². The molecule has 1 fully saturated rings. The lowest BCUT2D eigenvalue weighted by Crippen LogP contribution is -2.41. The van der Waals surface area contributed by atoms with Crippen LogP contribution in [0.5, 0.6) is 0 Å². The van der Waals surface area contributed by atoms with Crippen molar-refractivity contribution in [3.8, 4) is 0 Å². The highest BCUT2D eigenvalue weighted by Crippen LogP contribution is 2.24. The molecule has 0 saturated carbocycles. The quantitative estimate of drug-likeness (QED) is 0.799. The number of thiophene rings is 1. The summed E-state index contributed by atoms with van der Waals surface area (Å²) in [7, 11) is -3.00. The molecule has 1 aliphatic heterocycles. The number of hydrogen-bond acceptors (Lipinski definition) is 4. The van der Waals surface area contributed by atoms with Gasteiger partial charge in [-0.05, 0) is 67.1 Å². The number of hydrogen-bond donors (Lipinski definition) is 0. The first kappa shape index (κ1) is 18.4. The molecule has 136 valence electrons. The van der Waals surface area contributed by atoms with Crippen LogP contribution in [0.2, 0.25) is 0 Å². The SMILES string of the molecule is CC(C)S(=O)(=O)CC1CCN(C(=O)Cc2ccc3sccc3c2)CC1. The van der Waals surface area contributed by atoms with Gasteiger partial charge in [0.15, 0.2) is 9.84 Å². The lowest BCUT2D eigenvalue weighted by molar-refractivity contribution is -0.131. The van der Waals surface area contributed by atoms with Crippen molar-refractivity contribution in [2.75, 3.05) is 18.8 Å². The van der Waals surface area contributed by atoms with E-state index in [-0.39, 0.29) is 22.8 Å². The normalized spacial score (nSPS) is 16.7. The van der Waals surface area contributed by atoms with Gasteiger partial charge >= 0.3 is 0 Å². The summed E-state index contributed by atoms with van der Waals surface area (Å²) >= 11 is 1.71. The maximum atomic E-state index is 12.6. The molecule has 1 aromatic carbocycles. The topological polar surface area (TPSA) is 54.5 Å². The molecule has 0 unspecified atom stereocenters. The molecule has 1 aromatic heterocycles. The molecule has 1 aliphatic rings. The number of carbonyl (C=O) groups is 1. The maximum absolute atomic E-state index is 12.6. The molecule has 0 aliphatic carbocycles. The summed E-state index contributed by atoms with van der Waals surface area (Å²) < 4.78 is 25.4. The van der Waals surface area contributed by atoms with Crippen molar-refractivity contribution in [1.82, 2.24) is 4.90 Å². The van der Waals surface area contributed by atoms with Gasteiger partial charge in [0, 0.05) is 17.8 Å². The summed E-state index contributed by atoms with van der Waals surface area (Å²) in [5.74, 6) is 0.569. The molecule has 6 heteroatoms. The van der Waals surface area contributed by atoms with Crippen LogP contribution in [0.4, 0.5) is 0 Å². The van der Waals surface area contributed by atoms with E-state index in [9.17, 15) is 13.2 Å². The summed E-state index contributed by atoms with van der Waals surface area (Å²) in [5.41, 5.74) is 1.04. The molecule has 0 radical (unpaired) electrons. The van der Waals surface area contributed by atoms with E-state index < -0.39 is 9.84 Å². The second-order valence-corrected chi connectivity index (χ2v) is 10.7. The first-order valence-electron chi connectivity index (χ1n) is 8.80. The van der Waals surface area contributed by atoms with Crippen molar-refractivity contribution in [3.63, 3.8) is 0 Å². The monoisotopic (exact) mass is 379 g/mol. The maximum Gasteiger partial charge on any atom is 0.226 e. The van der Waals surface area contributed by atoms with E-state index in [4.69, 9.17) is 0 Å². The fraction of sp³-hybridized carbons (Fsp3) is 0.526. The Bertz CT molecular complexity index is 846. The van der Waals surface area contributed by atoms with E-state index >= 15 is 0 Å². The van der Waals surface area contributed by atoms with Gasteiger partial charge in [-0.15, -0.1) is 11.3 Å². The first-order chi connectivity index (χ1) is 11.8. The number of carbonyl (C=O) groups excluding carboxylic acids is 1. The molecular formula is C19H25NO3S2. The smallest absolute Gasteiger partial charge is 0.226 e. The Morgan fingerprint density at radius 2 is 1.96 bits per heavy atom. The van der Waals surface area contributed by atoms with Gasteiger partial charge in [-0.2, -0.15) is 0 Å². The van der Waals surface area contributed by atoms with E-state index in [1.165, 1.54) is 10.1 Å². The third kappa shape index (κ3) is 4.42. The number of likely N-dealkylation sites (tertiary alicyclic amines) is 1. The number of benzene rings is 1. The highest BCUT2D eigenvalue weighted by molar-refractivity contribution is 7.91. The molecule has 1 saturated heterocycles. The molecule has 1 amide bonds. The van der Waals surface area contributed by atoms with Crippen LogP contribution in [-0.2, 0) is 21.1 Å². The zero-order chi connectivity index (χ0) is 18.0. The van der Waals surface area contributed by atoms with E-state index in [1.54, 1.807) is 25.2 Å². The van der Waals surface area contributed by atoms with Gasteiger partial charge in [-0.1, -0.05) is 6.07 Å². The molecule has 4 nitrogen and oxygen atoms in total. The Kier molecular flexibility index (Phi) is 5.49. The van der Waals surface area contributed by atoms with Crippen LogP contribution in [0, 0.1) is 5.92 Å². The van der Waals surface area contributed by atoms with Crippen LogP contribution in [0.25, 0.3) is 10.1 Å². The third-order valence-corrected chi connectivity index (χ3v) is 8.30. The first-order valence-corrected chi connectivity index (χ1v) is 11.4. The molecule has 3 rings (SSSR count). The highest BCUT2D eigenvalue weighted by Gasteiger charge is 2.27. The minimum Gasteiger partial charge on any atom is -0.342 e. The van der Waals surface area contributed by atoms with Gasteiger partial charge in [-0.25, -0.2) is 8.42 Å². The van der Waals surface area contributed by atoms with Gasteiger partial charge < -0.3 is 4.90 Å². The van der Waals surface area contributed by atoms with Crippen LogP contribution in [0.15, 0.2) is 29.6 Å². The summed E-state index contributed by atoms with van der Waals surface area (Å²) in [6.07, 6.45) is 1.98. The molecule has 0 spiro atoms. The van der Waals surface area contributed by atoms with Crippen molar-refractivity contribution in [1.29, 1.82) is 0 Å². The summed E-state index contributed by atoms with van der Waals surface area (Å²) in [5, 5.41) is 2.93. The Balaban J connectivity index is 1.54. The third-order valence-electron chi connectivity index (χ3n) is 5.03. The zero-order valence-corrected chi connectivity index (χ0v) is 16.4. The van der Waals surface area contributed by atoms with E-state index in [0.717, 1.165) is 18.4 Å². The Morgan fingerprint density at radius 3 is 2.64 bits per heavy atom. The Labute approximate surface area is 153 Å². The largest absolute Gasteiger partial charge is 0.342 e. The van der Waals surface area contributed by atoms with Gasteiger partial charge in [-0.3, -0.25) is 4.79 Å². The van der Waals surface area contributed by atoms with Crippen molar-refractivity contribution in [2.45, 2.75) is 38.4 Å². The van der Waals surface area contributed by atoms with Crippen molar-refractivity contribution < 1.29 is 13.2 Å². The second-order valence-electron chi connectivity index (χ2n) is 7.17. The minimum absolute atomic E-state index is 0.139. The van der Waals surface area contributed by atoms with Gasteiger partial charge in [0.2, 0.25) is 5.91 Å². The summed E-state index contributed by atoms with van der Waals surface area (Å²) in [4.78, 5) is 14.4. The Hall–Kier alpha value is -1.40. The zero-order valence-electron chi connectivity index (χ0n) is 14.8. The van der Waals surface area contributed by atoms with E-state index in [1.807, 2.05) is 11.0 Å². The van der Waals surface area contributed by atoms with Crippen LogP contribution >= 0.6 is 11.3 Å². The van der Waals surface area contributed by atoms with Crippen LogP contribution in [-0.4, -0.2) is 43.3 Å². The number of fused-ring (bicyclic) bond motifs is 1. The molecule has 0 atom stereocenters. The van der Waals surface area contributed by atoms with Crippen molar-refractivity contribution in [3.05, 3.63) is 35.2 Å². The summed E-state index contributed by atoms with van der Waals surface area (Å²) in [6, 6.07) is 8.27. The van der Waals surface area contributed by atoms with Crippen LogP contribution in [0.3, 0.4) is 0 Å². The van der Waals surface area contributed by atoms with Gasteiger partial charge in [0.05, 0.1) is 17.4 Å². The van der Waals surface area contributed by atoms with Crippen molar-refractivity contribution >= 4 is 37.2 Å². The predicted molar refractivity (Wildman–Crippen MR) is 104 cm³/mol. The lowest BCUT2D eigenvalue weighted by atomic mass is 9.98. The molecule has 0 bridgehead atoms. The number of rotatable bonds is 5. The second kappa shape index (κ2) is 7.46. The molecular weight excluding hydrogens is 354 g/mol. The standard InChI is InChI=1S/C19H25NO3S2/c1-14(2)25(22,23)13-15-5-8-20(9-6-15)19(21)12-16-3-4-18-17(11-16)7-10-24-18/h3-4,7,10-11,14-15H,5-6,8-9,12-13H2,1-2H3. The fourth-order valence-electron chi connectivity index (χ4n) is 3.28. The van der Waals surface area contributed by atoms with Crippen molar-refractivity contribution in [2.24, 2.45) is 5.92 Å². The number of sulfone groups is 1. The number of amides is 1. The molecule has 25 heavy (non-hydrogen) atoms. The fourth-order valence-corrected chi connectivity index (χ4v) is 5.43. The van der Waals surface area contributed by atoms with Crippen LogP contribution < -0.4 is 0 Å².